The SMILES string of the molecule is CS(=O)(=O)Nc1ccccc1N1CCN(C(=O)[C@@H](Cc2ccc(Cl)cc2)NC(=O)c2cccc(Cl)c2)CC1. The number of sulfonamides is 1. The van der Waals surface area contributed by atoms with E-state index in [0.29, 0.717) is 53.9 Å². The molecule has 0 radical (unpaired) electrons. The molecule has 1 heterocycles. The summed E-state index contributed by atoms with van der Waals surface area (Å²) in [6.07, 6.45) is 1.41. The van der Waals surface area contributed by atoms with Crippen LogP contribution in [0.4, 0.5) is 11.4 Å². The maximum absolute atomic E-state index is 13.6. The molecule has 0 spiro atoms. The molecule has 0 unspecified atom stereocenters. The van der Waals surface area contributed by atoms with Gasteiger partial charge in [0.05, 0.1) is 17.6 Å². The van der Waals surface area contributed by atoms with Crippen molar-refractivity contribution in [2.45, 2.75) is 12.5 Å². The quantitative estimate of drug-likeness (QED) is 0.423. The molecular weight excluding hydrogens is 547 g/mol. The first-order valence-electron chi connectivity index (χ1n) is 12.0. The molecule has 38 heavy (non-hydrogen) atoms. The number of nitrogens with one attached hydrogen (secondary N) is 2. The van der Waals surface area contributed by atoms with Crippen molar-refractivity contribution in [1.29, 1.82) is 0 Å². The maximum atomic E-state index is 13.6. The average Bonchev–Trinajstić information content (AvgIpc) is 2.88. The Kier molecular flexibility index (Phi) is 8.81. The third kappa shape index (κ3) is 7.40. The van der Waals surface area contributed by atoms with Crippen molar-refractivity contribution < 1.29 is 18.0 Å². The van der Waals surface area contributed by atoms with Crippen molar-refractivity contribution in [3.8, 4) is 0 Å². The molecule has 0 aliphatic carbocycles. The standard InChI is InChI=1S/C27H28Cl2N4O4S/c1-38(36,37)31-23-7-2-3-8-25(23)32-13-15-33(16-14-32)27(35)24(17-19-9-11-21(28)12-10-19)30-26(34)20-5-4-6-22(29)18-20/h2-12,18,24,31H,13-17H2,1H3,(H,30,34)/t24-/m1/s1. The van der Waals surface area contributed by atoms with Gasteiger partial charge in [-0.2, -0.15) is 0 Å². The van der Waals surface area contributed by atoms with Crippen LogP contribution in [0.25, 0.3) is 0 Å². The first-order chi connectivity index (χ1) is 18.1. The highest BCUT2D eigenvalue weighted by Crippen LogP contribution is 2.27. The Labute approximate surface area is 232 Å². The number of rotatable bonds is 8. The Balaban J connectivity index is 1.49. The van der Waals surface area contributed by atoms with Gasteiger partial charge in [-0.25, -0.2) is 8.42 Å². The second-order valence-electron chi connectivity index (χ2n) is 9.07. The van der Waals surface area contributed by atoms with Crippen LogP contribution in [0, 0.1) is 0 Å². The van der Waals surface area contributed by atoms with E-state index in [1.165, 1.54) is 0 Å². The Morgan fingerprint density at radius 1 is 0.895 bits per heavy atom. The van der Waals surface area contributed by atoms with Crippen molar-refractivity contribution in [2.75, 3.05) is 42.1 Å². The minimum atomic E-state index is -3.44. The van der Waals surface area contributed by atoms with Gasteiger partial charge in [0.1, 0.15) is 6.04 Å². The van der Waals surface area contributed by atoms with E-state index in [-0.39, 0.29) is 11.8 Å². The molecule has 4 rings (SSSR count). The number of para-hydroxylation sites is 2. The van der Waals surface area contributed by atoms with Gasteiger partial charge in [-0.05, 0) is 48.0 Å². The number of anilines is 2. The van der Waals surface area contributed by atoms with Crippen LogP contribution < -0.4 is 14.9 Å². The third-order valence-corrected chi connectivity index (χ3v) is 7.25. The number of nitrogens with zero attached hydrogens (tertiary/aromatic N) is 2. The molecule has 1 atom stereocenters. The molecule has 0 aromatic heterocycles. The number of hydrogen-bond acceptors (Lipinski definition) is 5. The number of halogens is 2. The fourth-order valence-electron chi connectivity index (χ4n) is 4.35. The van der Waals surface area contributed by atoms with Crippen molar-refractivity contribution in [3.05, 3.63) is 94.0 Å². The van der Waals surface area contributed by atoms with Crippen LogP contribution in [-0.2, 0) is 21.2 Å². The van der Waals surface area contributed by atoms with Gasteiger partial charge in [0.2, 0.25) is 15.9 Å². The maximum Gasteiger partial charge on any atom is 0.251 e. The predicted molar refractivity (Wildman–Crippen MR) is 152 cm³/mol. The summed E-state index contributed by atoms with van der Waals surface area (Å²) in [6, 6.07) is 20.1. The number of hydrogen-bond donors (Lipinski definition) is 2. The van der Waals surface area contributed by atoms with Crippen molar-refractivity contribution in [2.24, 2.45) is 0 Å². The number of benzene rings is 3. The third-order valence-electron chi connectivity index (χ3n) is 6.17. The van der Waals surface area contributed by atoms with E-state index < -0.39 is 16.1 Å². The molecule has 1 fully saturated rings. The normalized spacial score (nSPS) is 14.6. The molecule has 1 aliphatic heterocycles. The molecule has 8 nitrogen and oxygen atoms in total. The summed E-state index contributed by atoms with van der Waals surface area (Å²) in [5.74, 6) is -0.586. The fraction of sp³-hybridized carbons (Fsp3) is 0.259. The van der Waals surface area contributed by atoms with Gasteiger partial charge >= 0.3 is 0 Å². The molecule has 1 aliphatic rings. The predicted octanol–water partition coefficient (Wildman–Crippen LogP) is 4.05. The van der Waals surface area contributed by atoms with Crippen LogP contribution in [-0.4, -0.2) is 63.6 Å². The van der Waals surface area contributed by atoms with Gasteiger partial charge in [0.25, 0.3) is 5.91 Å². The van der Waals surface area contributed by atoms with Crippen molar-refractivity contribution in [1.82, 2.24) is 10.2 Å². The van der Waals surface area contributed by atoms with Gasteiger partial charge < -0.3 is 15.1 Å². The van der Waals surface area contributed by atoms with E-state index in [4.69, 9.17) is 23.2 Å². The van der Waals surface area contributed by atoms with Crippen molar-refractivity contribution in [3.63, 3.8) is 0 Å². The topological polar surface area (TPSA) is 98.8 Å². The van der Waals surface area contributed by atoms with Gasteiger partial charge in [0, 0.05) is 48.2 Å². The monoisotopic (exact) mass is 574 g/mol. The second kappa shape index (κ2) is 12.1. The lowest BCUT2D eigenvalue weighted by Gasteiger charge is -2.38. The van der Waals surface area contributed by atoms with Gasteiger partial charge in [-0.1, -0.05) is 53.5 Å². The minimum absolute atomic E-state index is 0.197. The van der Waals surface area contributed by atoms with Crippen LogP contribution in [0.15, 0.2) is 72.8 Å². The lowest BCUT2D eigenvalue weighted by Crippen LogP contribution is -2.55. The molecule has 3 aromatic carbocycles. The minimum Gasteiger partial charge on any atom is -0.366 e. The molecule has 0 bridgehead atoms. The van der Waals surface area contributed by atoms with E-state index in [1.807, 2.05) is 29.2 Å². The van der Waals surface area contributed by atoms with Gasteiger partial charge in [-0.3, -0.25) is 14.3 Å². The second-order valence-corrected chi connectivity index (χ2v) is 11.7. The number of amides is 2. The van der Waals surface area contributed by atoms with E-state index in [1.54, 1.807) is 53.4 Å². The molecule has 1 saturated heterocycles. The summed E-state index contributed by atoms with van der Waals surface area (Å²) in [6.45, 7) is 1.83. The van der Waals surface area contributed by atoms with Crippen molar-refractivity contribution >= 4 is 56.4 Å². The van der Waals surface area contributed by atoms with Crippen LogP contribution in [0.1, 0.15) is 15.9 Å². The van der Waals surface area contributed by atoms with E-state index in [2.05, 4.69) is 10.0 Å². The average molecular weight is 576 g/mol. The summed E-state index contributed by atoms with van der Waals surface area (Å²) >= 11 is 12.1. The zero-order valence-electron chi connectivity index (χ0n) is 20.7. The number of carbonyl (C=O) groups is 2. The van der Waals surface area contributed by atoms with Crippen LogP contribution in [0.2, 0.25) is 10.0 Å². The molecule has 2 amide bonds. The molecule has 2 N–H and O–H groups in total. The van der Waals surface area contributed by atoms with E-state index >= 15 is 0 Å². The summed E-state index contributed by atoms with van der Waals surface area (Å²) in [5, 5.41) is 3.90. The largest absolute Gasteiger partial charge is 0.366 e. The lowest BCUT2D eigenvalue weighted by atomic mass is 10.0. The Morgan fingerprint density at radius 2 is 1.58 bits per heavy atom. The molecule has 11 heteroatoms. The van der Waals surface area contributed by atoms with Crippen LogP contribution in [0.3, 0.4) is 0 Å². The fourth-order valence-corrected chi connectivity index (χ4v) is 5.24. The highest BCUT2D eigenvalue weighted by molar-refractivity contribution is 7.92. The van der Waals surface area contributed by atoms with Crippen LogP contribution >= 0.6 is 23.2 Å². The zero-order valence-corrected chi connectivity index (χ0v) is 23.1. The molecular formula is C27H28Cl2N4O4S. The summed E-state index contributed by atoms with van der Waals surface area (Å²) in [4.78, 5) is 30.4. The van der Waals surface area contributed by atoms with Crippen LogP contribution in [0.5, 0.6) is 0 Å². The summed E-state index contributed by atoms with van der Waals surface area (Å²) < 4.78 is 26.2. The molecule has 3 aromatic rings. The molecule has 200 valence electrons. The Hall–Kier alpha value is -3.27. The van der Waals surface area contributed by atoms with E-state index in [9.17, 15) is 18.0 Å². The zero-order chi connectivity index (χ0) is 27.3. The summed E-state index contributed by atoms with van der Waals surface area (Å²) in [5.41, 5.74) is 2.46. The van der Waals surface area contributed by atoms with Gasteiger partial charge in [-0.15, -0.1) is 0 Å². The van der Waals surface area contributed by atoms with E-state index in [0.717, 1.165) is 17.5 Å². The first-order valence-corrected chi connectivity index (χ1v) is 14.7. The Morgan fingerprint density at radius 3 is 2.24 bits per heavy atom. The molecule has 0 saturated carbocycles. The lowest BCUT2D eigenvalue weighted by molar-refractivity contribution is -0.133. The first kappa shape index (κ1) is 27.8. The number of carbonyl (C=O) groups excluding carboxylic acids is 2. The highest BCUT2D eigenvalue weighted by atomic mass is 35.5. The summed E-state index contributed by atoms with van der Waals surface area (Å²) in [7, 11) is -3.44. The Bertz CT molecular complexity index is 1410. The highest BCUT2D eigenvalue weighted by Gasteiger charge is 2.30. The smallest absolute Gasteiger partial charge is 0.251 e. The van der Waals surface area contributed by atoms with Gasteiger partial charge in [0.15, 0.2) is 0 Å². The number of piperazine rings is 1.